The van der Waals surface area contributed by atoms with E-state index in [1.54, 1.807) is 9.47 Å². The van der Waals surface area contributed by atoms with Crippen molar-refractivity contribution in [2.24, 2.45) is 0 Å². The molecule has 8 nitrogen and oxygen atoms in total. The van der Waals surface area contributed by atoms with Crippen LogP contribution in [0.1, 0.15) is 39.7 Å². The van der Waals surface area contributed by atoms with Crippen molar-refractivity contribution in [3.8, 4) is 5.75 Å². The third-order valence-corrected chi connectivity index (χ3v) is 7.01. The molecule has 0 unspecified atom stereocenters. The first-order valence-corrected chi connectivity index (χ1v) is 11.6. The average Bonchev–Trinajstić information content (AvgIpc) is 3.52. The third-order valence-electron chi connectivity index (χ3n) is 5.79. The number of hydrogen-bond donors (Lipinski definition) is 0. The van der Waals surface area contributed by atoms with Crippen LogP contribution < -0.4 is 15.3 Å². The summed E-state index contributed by atoms with van der Waals surface area (Å²) < 4.78 is 14.2. The van der Waals surface area contributed by atoms with Crippen molar-refractivity contribution < 1.29 is 14.3 Å². The first-order chi connectivity index (χ1) is 14.6. The fourth-order valence-electron chi connectivity index (χ4n) is 4.28. The summed E-state index contributed by atoms with van der Waals surface area (Å²) in [6.45, 7) is 7.27. The van der Waals surface area contributed by atoms with E-state index in [1.165, 1.54) is 0 Å². The largest absolute Gasteiger partial charge is 0.489 e. The molecule has 10 heteroatoms. The highest BCUT2D eigenvalue weighted by Gasteiger charge is 2.38. The Kier molecular flexibility index (Phi) is 4.89. The van der Waals surface area contributed by atoms with E-state index in [0.29, 0.717) is 47.3 Å². The smallest absolute Gasteiger partial charge is 0.410 e. The molecule has 1 saturated heterocycles. The molecule has 2 aromatic rings. The second-order valence-corrected chi connectivity index (χ2v) is 10.5. The van der Waals surface area contributed by atoms with Crippen molar-refractivity contribution in [1.29, 1.82) is 0 Å². The molecule has 1 saturated carbocycles. The van der Waals surface area contributed by atoms with Gasteiger partial charge in [-0.25, -0.2) is 9.59 Å². The summed E-state index contributed by atoms with van der Waals surface area (Å²) in [6, 6.07) is 1.88. The number of amides is 1. The van der Waals surface area contributed by atoms with Gasteiger partial charge in [0.05, 0.1) is 22.0 Å². The summed E-state index contributed by atoms with van der Waals surface area (Å²) in [7, 11) is 0. The van der Waals surface area contributed by atoms with E-state index >= 15 is 0 Å². The molecule has 1 atom stereocenters. The Hall–Kier alpha value is -2.00. The van der Waals surface area contributed by atoms with Crippen LogP contribution in [0.3, 0.4) is 0 Å². The van der Waals surface area contributed by atoms with Crippen molar-refractivity contribution >= 4 is 50.3 Å². The highest BCUT2D eigenvalue weighted by molar-refractivity contribution is 9.10. The van der Waals surface area contributed by atoms with Crippen LogP contribution in [0.15, 0.2) is 15.3 Å². The lowest BCUT2D eigenvalue weighted by Crippen LogP contribution is -2.57. The maximum Gasteiger partial charge on any atom is 0.410 e. The molecular weight excluding hydrogens is 488 g/mol. The number of benzene rings is 1. The molecule has 0 spiro atoms. The van der Waals surface area contributed by atoms with Crippen LogP contribution in [0.5, 0.6) is 5.75 Å². The number of nitrogens with zero attached hydrogens (tertiary/aromatic N) is 4. The van der Waals surface area contributed by atoms with Crippen LogP contribution in [-0.2, 0) is 4.74 Å². The summed E-state index contributed by atoms with van der Waals surface area (Å²) in [6.07, 6.45) is 1.57. The molecular formula is C21H24BrClN4O4. The summed E-state index contributed by atoms with van der Waals surface area (Å²) in [5, 5.41) is 1.22. The van der Waals surface area contributed by atoms with Gasteiger partial charge in [-0.2, -0.15) is 4.98 Å². The first kappa shape index (κ1) is 20.9. The maximum atomic E-state index is 13.0. The van der Waals surface area contributed by atoms with Gasteiger partial charge in [0.2, 0.25) is 0 Å². The lowest BCUT2D eigenvalue weighted by molar-refractivity contribution is 0.0202. The molecule has 0 bridgehead atoms. The van der Waals surface area contributed by atoms with Crippen molar-refractivity contribution in [2.75, 3.05) is 31.1 Å². The minimum atomic E-state index is -0.564. The molecule has 0 radical (unpaired) electrons. The van der Waals surface area contributed by atoms with E-state index in [9.17, 15) is 9.59 Å². The molecule has 166 valence electrons. The molecule has 1 amide bonds. The minimum absolute atomic E-state index is 0.165. The zero-order valence-corrected chi connectivity index (χ0v) is 20.0. The molecule has 2 fully saturated rings. The Bertz CT molecular complexity index is 1140. The summed E-state index contributed by atoms with van der Waals surface area (Å²) in [5.74, 6) is 1.11. The molecule has 3 heterocycles. The van der Waals surface area contributed by atoms with Gasteiger partial charge >= 0.3 is 11.8 Å². The zero-order valence-electron chi connectivity index (χ0n) is 17.7. The predicted octanol–water partition coefficient (Wildman–Crippen LogP) is 3.97. The average molecular weight is 512 g/mol. The molecule has 5 rings (SSSR count). The molecule has 1 aliphatic carbocycles. The first-order valence-electron chi connectivity index (χ1n) is 10.5. The highest BCUT2D eigenvalue weighted by Crippen LogP contribution is 2.46. The van der Waals surface area contributed by atoms with Crippen molar-refractivity contribution in [3.05, 3.63) is 26.0 Å². The summed E-state index contributed by atoms with van der Waals surface area (Å²) in [5.41, 5.74) is -0.0509. The van der Waals surface area contributed by atoms with Gasteiger partial charge in [-0.05, 0) is 55.6 Å². The lowest BCUT2D eigenvalue weighted by atomic mass is 10.1. The van der Waals surface area contributed by atoms with Crippen LogP contribution in [0.2, 0.25) is 5.02 Å². The molecule has 1 aromatic carbocycles. The van der Waals surface area contributed by atoms with E-state index in [2.05, 4.69) is 25.8 Å². The lowest BCUT2D eigenvalue weighted by Gasteiger charge is -2.41. The third kappa shape index (κ3) is 3.65. The highest BCUT2D eigenvalue weighted by atomic mass is 79.9. The second-order valence-electron chi connectivity index (χ2n) is 9.30. The van der Waals surface area contributed by atoms with Crippen LogP contribution in [-0.4, -0.2) is 58.4 Å². The molecule has 0 N–H and O–H groups in total. The molecule has 1 aromatic heterocycles. The maximum absolute atomic E-state index is 13.0. The number of halogens is 2. The van der Waals surface area contributed by atoms with Gasteiger partial charge in [0, 0.05) is 30.1 Å². The number of carbonyl (C=O) groups is 1. The normalized spacial score (nSPS) is 20.9. The van der Waals surface area contributed by atoms with Crippen LogP contribution in [0, 0.1) is 0 Å². The van der Waals surface area contributed by atoms with Gasteiger partial charge < -0.3 is 19.3 Å². The van der Waals surface area contributed by atoms with E-state index in [4.69, 9.17) is 21.1 Å². The Morgan fingerprint density at radius 2 is 2.03 bits per heavy atom. The number of rotatable bonds is 1. The topological polar surface area (TPSA) is 76.9 Å². The van der Waals surface area contributed by atoms with Crippen LogP contribution >= 0.6 is 27.5 Å². The summed E-state index contributed by atoms with van der Waals surface area (Å²) >= 11 is 10.1. The van der Waals surface area contributed by atoms with E-state index in [-0.39, 0.29) is 23.9 Å². The van der Waals surface area contributed by atoms with Gasteiger partial charge in [-0.3, -0.25) is 4.57 Å². The number of carbonyl (C=O) groups excluding carboxylic acids is 1. The minimum Gasteiger partial charge on any atom is -0.489 e. The van der Waals surface area contributed by atoms with Crippen LogP contribution in [0.25, 0.3) is 10.9 Å². The quantitative estimate of drug-likeness (QED) is 0.577. The Morgan fingerprint density at radius 1 is 1.29 bits per heavy atom. The Morgan fingerprint density at radius 3 is 2.71 bits per heavy atom. The monoisotopic (exact) mass is 510 g/mol. The van der Waals surface area contributed by atoms with E-state index in [0.717, 1.165) is 23.7 Å². The fourth-order valence-corrected chi connectivity index (χ4v) is 4.88. The van der Waals surface area contributed by atoms with Crippen molar-refractivity contribution in [2.45, 2.75) is 51.3 Å². The Labute approximate surface area is 193 Å². The van der Waals surface area contributed by atoms with E-state index < -0.39 is 5.60 Å². The Balaban J connectivity index is 1.57. The molecule has 3 aliphatic rings. The van der Waals surface area contributed by atoms with Gasteiger partial charge in [-0.1, -0.05) is 11.6 Å². The standard InChI is InChI=1S/C21H24BrClN4O4/c1-21(2,3)31-20(29)25-6-7-26-12(9-25)10-30-17-15-14(8-13(22)16(17)23)27(11-4-5-11)19(28)24-18(15)26/h8,11-12H,4-7,9-10H2,1-3H3/t12-/m0/s1. The fraction of sp³-hybridized carbons (Fsp3) is 0.571. The molecule has 2 aliphatic heterocycles. The van der Waals surface area contributed by atoms with Gasteiger partial charge in [0.1, 0.15) is 18.0 Å². The van der Waals surface area contributed by atoms with Crippen LogP contribution in [0.4, 0.5) is 10.6 Å². The number of hydrogen-bond acceptors (Lipinski definition) is 6. The molecule has 31 heavy (non-hydrogen) atoms. The second kappa shape index (κ2) is 7.27. The van der Waals surface area contributed by atoms with E-state index in [1.807, 2.05) is 26.8 Å². The van der Waals surface area contributed by atoms with Gasteiger partial charge in [0.15, 0.2) is 5.75 Å². The number of anilines is 1. The number of aromatic nitrogens is 2. The number of ether oxygens (including phenoxy) is 2. The summed E-state index contributed by atoms with van der Waals surface area (Å²) in [4.78, 5) is 33.8. The van der Waals surface area contributed by atoms with Crippen molar-refractivity contribution in [3.63, 3.8) is 0 Å². The number of piperazine rings is 1. The van der Waals surface area contributed by atoms with Gasteiger partial charge in [0.25, 0.3) is 0 Å². The van der Waals surface area contributed by atoms with Crippen molar-refractivity contribution in [1.82, 2.24) is 14.5 Å². The van der Waals surface area contributed by atoms with Gasteiger partial charge in [-0.15, -0.1) is 0 Å². The number of fused-ring (bicyclic) bond motifs is 2. The SMILES string of the molecule is CC(C)(C)OC(=O)N1CCN2c3nc(=O)n(C4CC4)c4cc(Br)c(Cl)c(c34)OC[C@@H]2C1. The predicted molar refractivity (Wildman–Crippen MR) is 121 cm³/mol. The zero-order chi connectivity index (χ0) is 22.1.